The van der Waals surface area contributed by atoms with Gasteiger partial charge in [-0.05, 0) is 48.7 Å². The fourth-order valence-corrected chi connectivity index (χ4v) is 5.64. The summed E-state index contributed by atoms with van der Waals surface area (Å²) in [5, 5.41) is 2.94. The van der Waals surface area contributed by atoms with Crippen molar-refractivity contribution < 1.29 is 17.6 Å². The van der Waals surface area contributed by atoms with Crippen molar-refractivity contribution >= 4 is 33.2 Å². The highest BCUT2D eigenvalue weighted by atomic mass is 35.5. The lowest BCUT2D eigenvalue weighted by molar-refractivity contribution is -0.124. The maximum atomic E-state index is 13.3. The van der Waals surface area contributed by atoms with E-state index in [1.165, 1.54) is 28.6 Å². The lowest BCUT2D eigenvalue weighted by atomic mass is 9.64. The fourth-order valence-electron chi connectivity index (χ4n) is 3.68. The van der Waals surface area contributed by atoms with Crippen molar-refractivity contribution in [2.45, 2.75) is 43.4 Å². The molecule has 8 heteroatoms. The van der Waals surface area contributed by atoms with Crippen LogP contribution in [-0.4, -0.2) is 31.7 Å². The predicted octanol–water partition coefficient (Wildman–Crippen LogP) is 4.57. The minimum atomic E-state index is -3.77. The average Bonchev–Trinajstić information content (AvgIpc) is 2.64. The van der Waals surface area contributed by atoms with E-state index in [-0.39, 0.29) is 21.6 Å². The average molecular weight is 439 g/mol. The lowest BCUT2D eigenvalue weighted by Crippen LogP contribution is -2.46. The largest absolute Gasteiger partial charge is 0.325 e. The van der Waals surface area contributed by atoms with Crippen LogP contribution in [0.15, 0.2) is 47.4 Å². The lowest BCUT2D eigenvalue weighted by Gasteiger charge is -2.40. The molecule has 0 aliphatic heterocycles. The van der Waals surface area contributed by atoms with Crippen molar-refractivity contribution in [1.82, 2.24) is 4.31 Å². The third-order valence-electron chi connectivity index (χ3n) is 5.55. The van der Waals surface area contributed by atoms with Gasteiger partial charge in [0.25, 0.3) is 0 Å². The molecule has 0 unspecified atom stereocenters. The molecule has 1 aliphatic carbocycles. The summed E-state index contributed by atoms with van der Waals surface area (Å²) in [5.74, 6) is -0.587. The van der Waals surface area contributed by atoms with E-state index < -0.39 is 15.4 Å². The van der Waals surface area contributed by atoms with E-state index in [1.54, 1.807) is 32.0 Å². The van der Waals surface area contributed by atoms with Gasteiger partial charge in [0, 0.05) is 18.8 Å². The second-order valence-corrected chi connectivity index (χ2v) is 9.44. The summed E-state index contributed by atoms with van der Waals surface area (Å²) in [4.78, 5) is 13.1. The minimum Gasteiger partial charge on any atom is -0.325 e. The number of sulfonamides is 1. The Kier molecular flexibility index (Phi) is 6.31. The maximum Gasteiger partial charge on any atom is 0.244 e. The predicted molar refractivity (Wildman–Crippen MR) is 112 cm³/mol. The molecular weight excluding hydrogens is 415 g/mol. The van der Waals surface area contributed by atoms with Gasteiger partial charge in [-0.3, -0.25) is 4.79 Å². The summed E-state index contributed by atoms with van der Waals surface area (Å²) in [6, 6.07) is 10.4. The molecule has 0 aromatic heterocycles. The molecule has 2 aromatic carbocycles. The topological polar surface area (TPSA) is 66.5 Å². The van der Waals surface area contributed by atoms with Gasteiger partial charge in [0.15, 0.2) is 0 Å². The molecule has 1 fully saturated rings. The monoisotopic (exact) mass is 438 g/mol. The molecule has 1 N–H and O–H groups in total. The Hall–Kier alpha value is -1.96. The maximum absolute atomic E-state index is 13.3. The van der Waals surface area contributed by atoms with Gasteiger partial charge in [-0.15, -0.1) is 0 Å². The van der Waals surface area contributed by atoms with Crippen molar-refractivity contribution in [2.75, 3.05) is 18.4 Å². The SMILES string of the molecule is CCN(CC)S(=O)(=O)c1cc(NC(=O)C2(c3ccc(F)cc3)CCC2)ccc1Cl. The number of nitrogens with one attached hydrogen (secondary N) is 1. The van der Waals surface area contributed by atoms with Crippen molar-refractivity contribution in [1.29, 1.82) is 0 Å². The van der Waals surface area contributed by atoms with E-state index in [9.17, 15) is 17.6 Å². The minimum absolute atomic E-state index is 0.0369. The van der Waals surface area contributed by atoms with Gasteiger partial charge in [0.05, 0.1) is 10.4 Å². The molecule has 1 aliphatic rings. The standard InChI is InChI=1S/C21H24ClFN2O3S/c1-3-25(4-2)29(27,28)19-14-17(10-11-18(19)22)24-20(26)21(12-5-13-21)15-6-8-16(23)9-7-15/h6-11,14H,3-5,12-13H2,1-2H3,(H,24,26). The molecule has 1 amide bonds. The molecule has 5 nitrogen and oxygen atoms in total. The summed E-state index contributed by atoms with van der Waals surface area (Å²) >= 11 is 6.16. The van der Waals surface area contributed by atoms with Gasteiger partial charge in [-0.25, -0.2) is 12.8 Å². The van der Waals surface area contributed by atoms with Gasteiger partial charge >= 0.3 is 0 Å². The van der Waals surface area contributed by atoms with Gasteiger partial charge in [-0.2, -0.15) is 4.31 Å². The van der Waals surface area contributed by atoms with E-state index in [0.717, 1.165) is 12.0 Å². The number of benzene rings is 2. The molecule has 29 heavy (non-hydrogen) atoms. The third kappa shape index (κ3) is 4.04. The number of nitrogens with zero attached hydrogens (tertiary/aromatic N) is 1. The first kappa shape index (κ1) is 21.7. The molecular formula is C21H24ClFN2O3S. The Morgan fingerprint density at radius 1 is 1.14 bits per heavy atom. The molecule has 0 saturated heterocycles. The summed E-state index contributed by atoms with van der Waals surface area (Å²) in [7, 11) is -3.77. The Morgan fingerprint density at radius 2 is 1.76 bits per heavy atom. The third-order valence-corrected chi connectivity index (χ3v) is 8.08. The van der Waals surface area contributed by atoms with E-state index >= 15 is 0 Å². The number of rotatable bonds is 7. The van der Waals surface area contributed by atoms with E-state index in [4.69, 9.17) is 11.6 Å². The van der Waals surface area contributed by atoms with Gasteiger partial charge in [-0.1, -0.05) is 44.0 Å². The Balaban J connectivity index is 1.90. The van der Waals surface area contributed by atoms with Gasteiger partial charge in [0.1, 0.15) is 10.7 Å². The van der Waals surface area contributed by atoms with Crippen LogP contribution in [0.1, 0.15) is 38.7 Å². The van der Waals surface area contributed by atoms with Crippen LogP contribution in [0.2, 0.25) is 5.02 Å². The summed E-state index contributed by atoms with van der Waals surface area (Å²) in [6.45, 7) is 4.14. The molecule has 0 bridgehead atoms. The zero-order valence-corrected chi connectivity index (χ0v) is 18.0. The van der Waals surface area contributed by atoms with Crippen molar-refractivity contribution in [2.24, 2.45) is 0 Å². The molecule has 1 saturated carbocycles. The van der Waals surface area contributed by atoms with Crippen molar-refractivity contribution in [3.63, 3.8) is 0 Å². The quantitative estimate of drug-likeness (QED) is 0.688. The first-order chi connectivity index (χ1) is 13.7. The summed E-state index contributed by atoms with van der Waals surface area (Å²) < 4.78 is 40.3. The summed E-state index contributed by atoms with van der Waals surface area (Å²) in [6.07, 6.45) is 2.21. The Morgan fingerprint density at radius 3 is 2.28 bits per heavy atom. The van der Waals surface area contributed by atoms with Crippen LogP contribution in [0, 0.1) is 5.82 Å². The number of carbonyl (C=O) groups excluding carboxylic acids is 1. The second-order valence-electron chi connectivity index (χ2n) is 7.13. The fraction of sp³-hybridized carbons (Fsp3) is 0.381. The van der Waals surface area contributed by atoms with Crippen LogP contribution in [0.4, 0.5) is 10.1 Å². The number of halogens is 2. The number of carbonyl (C=O) groups is 1. The Bertz CT molecular complexity index is 1000. The molecule has 0 heterocycles. The normalized spacial score (nSPS) is 15.8. The van der Waals surface area contributed by atoms with Crippen molar-refractivity contribution in [3.8, 4) is 0 Å². The number of hydrogen-bond acceptors (Lipinski definition) is 3. The van der Waals surface area contributed by atoms with E-state index in [1.807, 2.05) is 0 Å². The van der Waals surface area contributed by atoms with Crippen molar-refractivity contribution in [3.05, 3.63) is 58.9 Å². The zero-order chi connectivity index (χ0) is 21.2. The smallest absolute Gasteiger partial charge is 0.244 e. The van der Waals surface area contributed by atoms with E-state index in [2.05, 4.69) is 5.32 Å². The molecule has 2 aromatic rings. The van der Waals surface area contributed by atoms with Crippen LogP contribution in [-0.2, 0) is 20.2 Å². The molecule has 156 valence electrons. The van der Waals surface area contributed by atoms with Crippen LogP contribution in [0.5, 0.6) is 0 Å². The highest BCUT2D eigenvalue weighted by Crippen LogP contribution is 2.44. The second kappa shape index (κ2) is 8.42. The molecule has 0 atom stereocenters. The van der Waals surface area contributed by atoms with Gasteiger partial charge < -0.3 is 5.32 Å². The van der Waals surface area contributed by atoms with Crippen LogP contribution in [0.3, 0.4) is 0 Å². The van der Waals surface area contributed by atoms with E-state index in [0.29, 0.717) is 31.6 Å². The zero-order valence-electron chi connectivity index (χ0n) is 16.4. The number of hydrogen-bond donors (Lipinski definition) is 1. The van der Waals surface area contributed by atoms with Crippen LogP contribution < -0.4 is 5.32 Å². The van der Waals surface area contributed by atoms with Gasteiger partial charge in [0.2, 0.25) is 15.9 Å². The highest BCUT2D eigenvalue weighted by molar-refractivity contribution is 7.89. The number of amides is 1. The van der Waals surface area contributed by atoms with Crippen LogP contribution >= 0.6 is 11.6 Å². The molecule has 0 radical (unpaired) electrons. The highest BCUT2D eigenvalue weighted by Gasteiger charge is 2.45. The number of anilines is 1. The summed E-state index contributed by atoms with van der Waals surface area (Å²) in [5.41, 5.74) is 0.386. The Labute approximate surface area is 175 Å². The molecule has 3 rings (SSSR count). The first-order valence-electron chi connectivity index (χ1n) is 9.62. The van der Waals surface area contributed by atoms with Crippen LogP contribution in [0.25, 0.3) is 0 Å². The first-order valence-corrected chi connectivity index (χ1v) is 11.4. The molecule has 0 spiro atoms.